The standard InChI is InChI=1S/C13H13ClN2/c1-15-13-9-3-2-4-11(9)16-12-6-5-8(14)7-10(12)13/h5-7H,2-4H2,1H3,(H,15,16). The van der Waals surface area contributed by atoms with Crippen LogP contribution in [0.4, 0.5) is 5.69 Å². The van der Waals surface area contributed by atoms with Crippen LogP contribution in [0.3, 0.4) is 0 Å². The van der Waals surface area contributed by atoms with E-state index in [1.807, 2.05) is 25.2 Å². The third-order valence-electron chi connectivity index (χ3n) is 3.22. The number of halogens is 1. The lowest BCUT2D eigenvalue weighted by molar-refractivity contribution is 0.901. The third kappa shape index (κ3) is 1.37. The van der Waals surface area contributed by atoms with Gasteiger partial charge in [0.15, 0.2) is 0 Å². The monoisotopic (exact) mass is 232 g/mol. The molecule has 0 radical (unpaired) electrons. The number of hydrogen-bond donors (Lipinski definition) is 1. The van der Waals surface area contributed by atoms with Gasteiger partial charge in [-0.15, -0.1) is 0 Å². The molecule has 0 saturated carbocycles. The molecule has 0 spiro atoms. The zero-order valence-corrected chi connectivity index (χ0v) is 9.93. The Bertz CT molecular complexity index is 563. The van der Waals surface area contributed by atoms with Crippen molar-refractivity contribution in [3.05, 3.63) is 34.5 Å². The summed E-state index contributed by atoms with van der Waals surface area (Å²) in [5.41, 5.74) is 4.87. The van der Waals surface area contributed by atoms with Gasteiger partial charge >= 0.3 is 0 Å². The van der Waals surface area contributed by atoms with Crippen molar-refractivity contribution in [3.63, 3.8) is 0 Å². The quantitative estimate of drug-likeness (QED) is 0.815. The minimum Gasteiger partial charge on any atom is -0.387 e. The van der Waals surface area contributed by atoms with Crippen LogP contribution in [0, 0.1) is 0 Å². The number of aromatic nitrogens is 1. The molecular formula is C13H13ClN2. The average molecular weight is 233 g/mol. The van der Waals surface area contributed by atoms with Crippen LogP contribution >= 0.6 is 11.6 Å². The molecule has 3 heteroatoms. The van der Waals surface area contributed by atoms with Crippen molar-refractivity contribution in [3.8, 4) is 0 Å². The Kier molecular flexibility index (Phi) is 2.25. The van der Waals surface area contributed by atoms with Gasteiger partial charge in [0, 0.05) is 28.8 Å². The minimum atomic E-state index is 0.767. The smallest absolute Gasteiger partial charge is 0.0727 e. The Labute approximate surface area is 99.6 Å². The first-order valence-electron chi connectivity index (χ1n) is 5.58. The van der Waals surface area contributed by atoms with Crippen LogP contribution in [0.25, 0.3) is 10.9 Å². The fourth-order valence-electron chi connectivity index (χ4n) is 2.52. The minimum absolute atomic E-state index is 0.767. The zero-order valence-electron chi connectivity index (χ0n) is 9.18. The summed E-state index contributed by atoms with van der Waals surface area (Å²) in [5.74, 6) is 0. The normalized spacial score (nSPS) is 14.1. The SMILES string of the molecule is CNc1c2c(nc3ccc(Cl)cc13)CCC2. The van der Waals surface area contributed by atoms with Gasteiger partial charge in [0.1, 0.15) is 0 Å². The first-order chi connectivity index (χ1) is 7.79. The summed E-state index contributed by atoms with van der Waals surface area (Å²) in [5, 5.41) is 5.20. The maximum absolute atomic E-state index is 6.04. The van der Waals surface area contributed by atoms with E-state index >= 15 is 0 Å². The molecule has 16 heavy (non-hydrogen) atoms. The van der Waals surface area contributed by atoms with Crippen molar-refractivity contribution in [2.75, 3.05) is 12.4 Å². The third-order valence-corrected chi connectivity index (χ3v) is 3.46. The highest BCUT2D eigenvalue weighted by Gasteiger charge is 2.18. The van der Waals surface area contributed by atoms with Gasteiger partial charge < -0.3 is 5.32 Å². The highest BCUT2D eigenvalue weighted by molar-refractivity contribution is 6.31. The molecule has 0 unspecified atom stereocenters. The van der Waals surface area contributed by atoms with Gasteiger partial charge in [-0.1, -0.05) is 11.6 Å². The van der Waals surface area contributed by atoms with Gasteiger partial charge in [-0.3, -0.25) is 4.98 Å². The molecule has 1 N–H and O–H groups in total. The van der Waals surface area contributed by atoms with Crippen molar-refractivity contribution < 1.29 is 0 Å². The number of benzene rings is 1. The van der Waals surface area contributed by atoms with Gasteiger partial charge in [-0.2, -0.15) is 0 Å². The molecule has 2 nitrogen and oxygen atoms in total. The van der Waals surface area contributed by atoms with Crippen molar-refractivity contribution in [1.29, 1.82) is 0 Å². The van der Waals surface area contributed by atoms with Crippen LogP contribution in [-0.2, 0) is 12.8 Å². The van der Waals surface area contributed by atoms with E-state index < -0.39 is 0 Å². The Balaban J connectivity index is 2.40. The molecule has 1 aromatic heterocycles. The molecule has 0 fully saturated rings. The van der Waals surface area contributed by atoms with Crippen molar-refractivity contribution in [2.24, 2.45) is 0 Å². The summed E-state index contributed by atoms with van der Waals surface area (Å²) in [6, 6.07) is 5.89. The summed E-state index contributed by atoms with van der Waals surface area (Å²) in [4.78, 5) is 4.71. The molecule has 82 valence electrons. The number of rotatable bonds is 1. The second kappa shape index (κ2) is 3.63. The summed E-state index contributed by atoms with van der Waals surface area (Å²) in [6.45, 7) is 0. The van der Waals surface area contributed by atoms with E-state index in [1.54, 1.807) is 0 Å². The summed E-state index contributed by atoms with van der Waals surface area (Å²) >= 11 is 6.04. The summed E-state index contributed by atoms with van der Waals surface area (Å²) in [7, 11) is 1.97. The van der Waals surface area contributed by atoms with E-state index in [0.29, 0.717) is 0 Å². The number of pyridine rings is 1. The molecule has 0 bridgehead atoms. The highest BCUT2D eigenvalue weighted by Crippen LogP contribution is 2.34. The van der Waals surface area contributed by atoms with Crippen LogP contribution < -0.4 is 5.32 Å². The van der Waals surface area contributed by atoms with Crippen LogP contribution in [0.5, 0.6) is 0 Å². The maximum atomic E-state index is 6.04. The number of hydrogen-bond acceptors (Lipinski definition) is 2. The molecule has 1 aliphatic rings. The van der Waals surface area contributed by atoms with E-state index in [-0.39, 0.29) is 0 Å². The zero-order chi connectivity index (χ0) is 11.1. The molecule has 0 saturated heterocycles. The van der Waals surface area contributed by atoms with E-state index in [0.717, 1.165) is 28.8 Å². The predicted octanol–water partition coefficient (Wildman–Crippen LogP) is 3.42. The van der Waals surface area contributed by atoms with Gasteiger partial charge in [-0.25, -0.2) is 0 Å². The molecule has 0 aliphatic heterocycles. The van der Waals surface area contributed by atoms with Crippen LogP contribution in [0.1, 0.15) is 17.7 Å². The van der Waals surface area contributed by atoms with Gasteiger partial charge in [0.2, 0.25) is 0 Å². The van der Waals surface area contributed by atoms with Crippen molar-refractivity contribution in [2.45, 2.75) is 19.3 Å². The Morgan fingerprint density at radius 3 is 3.00 bits per heavy atom. The van der Waals surface area contributed by atoms with E-state index in [2.05, 4.69) is 5.32 Å². The lowest BCUT2D eigenvalue weighted by Gasteiger charge is -2.11. The number of anilines is 1. The summed E-state index contributed by atoms with van der Waals surface area (Å²) in [6.07, 6.45) is 3.44. The Morgan fingerprint density at radius 1 is 1.31 bits per heavy atom. The average Bonchev–Trinajstić information content (AvgIpc) is 2.73. The van der Waals surface area contributed by atoms with E-state index in [9.17, 15) is 0 Å². The first-order valence-corrected chi connectivity index (χ1v) is 5.96. The second-order valence-corrected chi connectivity index (χ2v) is 4.61. The molecule has 1 aliphatic carbocycles. The van der Waals surface area contributed by atoms with Crippen molar-refractivity contribution >= 4 is 28.2 Å². The summed E-state index contributed by atoms with van der Waals surface area (Å²) < 4.78 is 0. The number of aryl methyl sites for hydroxylation is 1. The Morgan fingerprint density at radius 2 is 2.19 bits per heavy atom. The lowest BCUT2D eigenvalue weighted by Crippen LogP contribution is -1.99. The van der Waals surface area contributed by atoms with E-state index in [1.165, 1.54) is 23.4 Å². The topological polar surface area (TPSA) is 24.9 Å². The molecule has 0 amide bonds. The molecule has 0 atom stereocenters. The van der Waals surface area contributed by atoms with Crippen LogP contribution in [-0.4, -0.2) is 12.0 Å². The first kappa shape index (κ1) is 9.91. The van der Waals surface area contributed by atoms with Gasteiger partial charge in [-0.05, 0) is 43.0 Å². The fourth-order valence-corrected chi connectivity index (χ4v) is 2.69. The molecule has 3 rings (SSSR count). The second-order valence-electron chi connectivity index (χ2n) is 4.18. The molecule has 1 aromatic carbocycles. The molecular weight excluding hydrogens is 220 g/mol. The Hall–Kier alpha value is -1.28. The largest absolute Gasteiger partial charge is 0.387 e. The number of nitrogens with zero attached hydrogens (tertiary/aromatic N) is 1. The maximum Gasteiger partial charge on any atom is 0.0727 e. The number of nitrogens with one attached hydrogen (secondary N) is 1. The van der Waals surface area contributed by atoms with Crippen LogP contribution in [0.2, 0.25) is 5.02 Å². The van der Waals surface area contributed by atoms with Crippen molar-refractivity contribution in [1.82, 2.24) is 4.98 Å². The number of fused-ring (bicyclic) bond motifs is 2. The predicted molar refractivity (Wildman–Crippen MR) is 68.3 cm³/mol. The van der Waals surface area contributed by atoms with Gasteiger partial charge in [0.25, 0.3) is 0 Å². The van der Waals surface area contributed by atoms with Crippen LogP contribution in [0.15, 0.2) is 18.2 Å². The van der Waals surface area contributed by atoms with Gasteiger partial charge in [0.05, 0.1) is 5.52 Å². The molecule has 1 heterocycles. The fraction of sp³-hybridized carbons (Fsp3) is 0.308. The molecule has 2 aromatic rings. The highest BCUT2D eigenvalue weighted by atomic mass is 35.5. The van der Waals surface area contributed by atoms with E-state index in [4.69, 9.17) is 16.6 Å². The lowest BCUT2D eigenvalue weighted by atomic mass is 10.1.